The van der Waals surface area contributed by atoms with E-state index in [0.29, 0.717) is 18.2 Å². The average molecular weight is 561 g/mol. The van der Waals surface area contributed by atoms with Gasteiger partial charge in [0.1, 0.15) is 11.3 Å². The molecule has 1 saturated carbocycles. The van der Waals surface area contributed by atoms with Crippen molar-refractivity contribution in [3.05, 3.63) is 89.0 Å². The summed E-state index contributed by atoms with van der Waals surface area (Å²) in [5, 5.41) is 9.58. The minimum Gasteiger partial charge on any atom is -0.478 e. The fourth-order valence-corrected chi connectivity index (χ4v) is 5.81. The largest absolute Gasteiger partial charge is 0.478 e. The van der Waals surface area contributed by atoms with Gasteiger partial charge in [-0.25, -0.2) is 9.10 Å². The van der Waals surface area contributed by atoms with Crippen LogP contribution in [0.15, 0.2) is 71.6 Å². The number of likely N-dealkylation sites (N-methyl/N-ethyl adjacent to an activating group) is 1. The Labute approximate surface area is 240 Å². The second-order valence-electron chi connectivity index (χ2n) is 10.3. The molecular weight excluding hydrogens is 524 g/mol. The number of carbonyl (C=O) groups is 3. The molecule has 1 amide bonds. The number of carboxylic acid groups (broad SMARTS) is 1. The Morgan fingerprint density at radius 1 is 0.950 bits per heavy atom. The van der Waals surface area contributed by atoms with E-state index in [2.05, 4.69) is 24.3 Å². The molecule has 0 spiro atoms. The molecule has 210 valence electrons. The quantitative estimate of drug-likeness (QED) is 0.165. The first-order valence-electron chi connectivity index (χ1n) is 13.6. The number of aryl methyl sites for hydroxylation is 1. The molecule has 1 N–H and O–H groups in total. The van der Waals surface area contributed by atoms with Crippen LogP contribution in [0.1, 0.15) is 72.0 Å². The third-order valence-electron chi connectivity index (χ3n) is 7.10. The minimum atomic E-state index is -1.21. The second-order valence-corrected chi connectivity index (χ2v) is 11.6. The van der Waals surface area contributed by atoms with E-state index in [1.807, 2.05) is 42.5 Å². The third-order valence-corrected chi connectivity index (χ3v) is 8.02. The van der Waals surface area contributed by atoms with Crippen molar-refractivity contribution in [3.63, 3.8) is 0 Å². The number of anilines is 1. The van der Waals surface area contributed by atoms with Crippen molar-refractivity contribution in [2.45, 2.75) is 63.3 Å². The lowest BCUT2D eigenvalue weighted by molar-refractivity contribution is -0.131. The standard InChI is InChI=1S/C32H36N2O5S/c1-22-9-16-28(17-10-22)40-33(3)21-31(36)34(27-15-18-29(32(37)38)30(19-27)39-23(2)35)20-24-11-13-26(14-12-24)25-7-5-4-6-8-25/h9-19,25H,4-8,20-21H2,1-3H3,(H,37,38). The lowest BCUT2D eigenvalue weighted by Gasteiger charge is -2.27. The number of amides is 1. The number of rotatable bonds is 10. The number of hydrogen-bond acceptors (Lipinski definition) is 6. The molecule has 0 saturated heterocycles. The lowest BCUT2D eigenvalue weighted by Crippen LogP contribution is -2.37. The maximum atomic E-state index is 13.7. The summed E-state index contributed by atoms with van der Waals surface area (Å²) in [6.45, 7) is 3.65. The molecule has 0 heterocycles. The highest BCUT2D eigenvalue weighted by Gasteiger charge is 2.23. The van der Waals surface area contributed by atoms with Crippen LogP contribution >= 0.6 is 11.9 Å². The lowest BCUT2D eigenvalue weighted by atomic mass is 9.84. The summed E-state index contributed by atoms with van der Waals surface area (Å²) in [6.07, 6.45) is 6.26. The van der Waals surface area contributed by atoms with E-state index in [4.69, 9.17) is 4.74 Å². The molecule has 7 nitrogen and oxygen atoms in total. The Kier molecular flexibility index (Phi) is 10.0. The summed E-state index contributed by atoms with van der Waals surface area (Å²) in [6, 6.07) is 20.9. The SMILES string of the molecule is CC(=O)Oc1cc(N(Cc2ccc(C3CCCCC3)cc2)C(=O)CN(C)Sc2ccc(C)cc2)ccc1C(=O)O. The molecular formula is C32H36N2O5S. The Morgan fingerprint density at radius 3 is 2.25 bits per heavy atom. The van der Waals surface area contributed by atoms with E-state index >= 15 is 0 Å². The monoisotopic (exact) mass is 560 g/mol. The predicted octanol–water partition coefficient (Wildman–Crippen LogP) is 6.84. The zero-order valence-electron chi connectivity index (χ0n) is 23.3. The van der Waals surface area contributed by atoms with Gasteiger partial charge in [0.2, 0.25) is 5.91 Å². The Morgan fingerprint density at radius 2 is 1.62 bits per heavy atom. The number of esters is 1. The van der Waals surface area contributed by atoms with E-state index < -0.39 is 11.9 Å². The molecule has 0 atom stereocenters. The number of nitrogens with zero attached hydrogens (tertiary/aromatic N) is 2. The van der Waals surface area contributed by atoms with Gasteiger partial charge in [-0.15, -0.1) is 0 Å². The van der Waals surface area contributed by atoms with Crippen LogP contribution in [0.4, 0.5) is 5.69 Å². The molecule has 3 aromatic rings. The van der Waals surface area contributed by atoms with Crippen molar-refractivity contribution in [2.24, 2.45) is 0 Å². The van der Waals surface area contributed by atoms with Crippen LogP contribution < -0.4 is 9.64 Å². The van der Waals surface area contributed by atoms with Crippen LogP contribution in [0.3, 0.4) is 0 Å². The Hall–Kier alpha value is -3.62. The van der Waals surface area contributed by atoms with E-state index in [1.54, 1.807) is 11.0 Å². The third kappa shape index (κ3) is 7.96. The molecule has 0 aliphatic heterocycles. The van der Waals surface area contributed by atoms with Crippen LogP contribution in [-0.2, 0) is 16.1 Å². The Balaban J connectivity index is 1.59. The fraction of sp³-hybridized carbons (Fsp3) is 0.344. The second kappa shape index (κ2) is 13.6. The van der Waals surface area contributed by atoms with Gasteiger partial charge in [-0.2, -0.15) is 0 Å². The predicted molar refractivity (Wildman–Crippen MR) is 158 cm³/mol. The summed E-state index contributed by atoms with van der Waals surface area (Å²) in [7, 11) is 1.86. The molecule has 0 aromatic heterocycles. The number of benzene rings is 3. The van der Waals surface area contributed by atoms with Crippen LogP contribution in [0.5, 0.6) is 5.75 Å². The highest BCUT2D eigenvalue weighted by molar-refractivity contribution is 7.97. The van der Waals surface area contributed by atoms with Gasteiger partial charge in [0, 0.05) is 23.6 Å². The molecule has 1 fully saturated rings. The average Bonchev–Trinajstić information content (AvgIpc) is 2.93. The van der Waals surface area contributed by atoms with Gasteiger partial charge in [0.15, 0.2) is 0 Å². The van der Waals surface area contributed by atoms with Crippen molar-refractivity contribution in [1.82, 2.24) is 4.31 Å². The van der Waals surface area contributed by atoms with E-state index in [9.17, 15) is 19.5 Å². The normalized spacial score (nSPS) is 13.7. The number of carboxylic acids is 1. The van der Waals surface area contributed by atoms with Crippen molar-refractivity contribution in [2.75, 3.05) is 18.5 Å². The first-order chi connectivity index (χ1) is 19.2. The van der Waals surface area contributed by atoms with Crippen molar-refractivity contribution in [3.8, 4) is 5.75 Å². The van der Waals surface area contributed by atoms with Crippen LogP contribution in [0.25, 0.3) is 0 Å². The first kappa shape index (κ1) is 29.4. The van der Waals surface area contributed by atoms with Crippen molar-refractivity contribution < 1.29 is 24.2 Å². The van der Waals surface area contributed by atoms with Crippen molar-refractivity contribution >= 4 is 35.5 Å². The Bertz CT molecular complexity index is 1330. The number of ether oxygens (including phenoxy) is 1. The maximum absolute atomic E-state index is 13.7. The minimum absolute atomic E-state index is 0.0923. The van der Waals surface area contributed by atoms with Gasteiger partial charge in [-0.1, -0.05) is 61.2 Å². The van der Waals surface area contributed by atoms with Gasteiger partial charge in [0.25, 0.3) is 0 Å². The fourth-order valence-electron chi connectivity index (χ4n) is 5.02. The van der Waals surface area contributed by atoms with Crippen molar-refractivity contribution in [1.29, 1.82) is 0 Å². The zero-order valence-corrected chi connectivity index (χ0v) is 24.1. The highest BCUT2D eigenvalue weighted by atomic mass is 32.2. The molecule has 0 bridgehead atoms. The summed E-state index contributed by atoms with van der Waals surface area (Å²) in [4.78, 5) is 39.8. The van der Waals surface area contributed by atoms with Gasteiger partial charge in [0.05, 0.1) is 13.1 Å². The van der Waals surface area contributed by atoms with Crippen LogP contribution in [0, 0.1) is 6.92 Å². The summed E-state index contributed by atoms with van der Waals surface area (Å²) >= 11 is 1.47. The molecule has 40 heavy (non-hydrogen) atoms. The van der Waals surface area contributed by atoms with Gasteiger partial charge in [-0.05, 0) is 80.1 Å². The summed E-state index contributed by atoms with van der Waals surface area (Å²) < 4.78 is 7.07. The molecule has 0 unspecified atom stereocenters. The van der Waals surface area contributed by atoms with Gasteiger partial charge in [-0.3, -0.25) is 9.59 Å². The van der Waals surface area contributed by atoms with E-state index in [-0.39, 0.29) is 23.8 Å². The van der Waals surface area contributed by atoms with Gasteiger partial charge < -0.3 is 14.7 Å². The summed E-state index contributed by atoms with van der Waals surface area (Å²) in [5.74, 6) is -1.53. The molecule has 3 aromatic carbocycles. The highest BCUT2D eigenvalue weighted by Crippen LogP contribution is 2.33. The molecule has 8 heteroatoms. The molecule has 0 radical (unpaired) electrons. The van der Waals surface area contributed by atoms with E-state index in [0.717, 1.165) is 16.0 Å². The number of aromatic carboxylic acids is 1. The topological polar surface area (TPSA) is 87.2 Å². The maximum Gasteiger partial charge on any atom is 0.339 e. The molecule has 1 aliphatic rings. The van der Waals surface area contributed by atoms with Crippen LogP contribution in [-0.4, -0.2) is 40.8 Å². The zero-order chi connectivity index (χ0) is 28.6. The van der Waals surface area contributed by atoms with Crippen LogP contribution in [0.2, 0.25) is 0 Å². The van der Waals surface area contributed by atoms with E-state index in [1.165, 1.54) is 68.7 Å². The smallest absolute Gasteiger partial charge is 0.339 e. The van der Waals surface area contributed by atoms with Gasteiger partial charge >= 0.3 is 11.9 Å². The summed E-state index contributed by atoms with van der Waals surface area (Å²) in [5.41, 5.74) is 3.76. The number of carbonyl (C=O) groups excluding carboxylic acids is 2. The first-order valence-corrected chi connectivity index (χ1v) is 14.4. The molecule has 1 aliphatic carbocycles. The number of hydrogen-bond donors (Lipinski definition) is 1. The molecule has 4 rings (SSSR count).